The summed E-state index contributed by atoms with van der Waals surface area (Å²) in [6.07, 6.45) is 2.67. The summed E-state index contributed by atoms with van der Waals surface area (Å²) >= 11 is 0. The van der Waals surface area contributed by atoms with E-state index in [9.17, 15) is 0 Å². The van der Waals surface area contributed by atoms with Crippen molar-refractivity contribution in [2.24, 2.45) is 0 Å². The zero-order valence-electron chi connectivity index (χ0n) is 19.2. The molecular weight excluding hydrogens is 417 g/mol. The van der Waals surface area contributed by atoms with E-state index in [2.05, 4.69) is 123 Å². The van der Waals surface area contributed by atoms with Gasteiger partial charge in [-0.3, -0.25) is 0 Å². The second kappa shape index (κ2) is 8.69. The van der Waals surface area contributed by atoms with E-state index in [1.54, 1.807) is 20.7 Å². The van der Waals surface area contributed by atoms with Gasteiger partial charge in [0.05, 0.1) is 0 Å². The average Bonchev–Trinajstić information content (AvgIpc) is 2.86. The predicted octanol–water partition coefficient (Wildman–Crippen LogP) is 5.00. The van der Waals surface area contributed by atoms with Crippen LogP contribution in [0.15, 0.2) is 109 Å². The minimum Gasteiger partial charge on any atom is -0.0628 e. The van der Waals surface area contributed by atoms with E-state index in [0.717, 1.165) is 0 Å². The van der Waals surface area contributed by atoms with Crippen molar-refractivity contribution in [3.8, 4) is 0 Å². The number of benzene rings is 4. The first-order valence-electron chi connectivity index (χ1n) is 11.9. The summed E-state index contributed by atoms with van der Waals surface area (Å²) in [5, 5.41) is 6.51. The molecule has 0 amide bonds. The maximum absolute atomic E-state index is 2.48. The lowest BCUT2D eigenvalue weighted by Gasteiger charge is -2.52. The van der Waals surface area contributed by atoms with Gasteiger partial charge in [0.1, 0.15) is 15.2 Å². The van der Waals surface area contributed by atoms with E-state index in [1.807, 2.05) is 0 Å². The minimum atomic E-state index is -2.10. The number of rotatable bonds is 4. The third-order valence-corrected chi connectivity index (χ3v) is 26.0. The van der Waals surface area contributed by atoms with Gasteiger partial charge >= 0.3 is 0 Å². The molecule has 0 aromatic heterocycles. The second-order valence-corrected chi connectivity index (χ2v) is 21.5. The molecular formula is C30H32Si2. The van der Waals surface area contributed by atoms with Gasteiger partial charge in [0, 0.05) is 0 Å². The molecule has 0 radical (unpaired) electrons. The zero-order valence-corrected chi connectivity index (χ0v) is 21.2. The van der Waals surface area contributed by atoms with Crippen LogP contribution in [0, 0.1) is 13.8 Å². The Morgan fingerprint density at radius 1 is 0.406 bits per heavy atom. The summed E-state index contributed by atoms with van der Waals surface area (Å²) < 4.78 is 0. The quantitative estimate of drug-likeness (QED) is 0.385. The standard InChI is InChI=1S/C30H32Si2/c1-25-15-19-29(20-16-25)31(27-11-5-3-6-12-27)23-9-10-24-32(31,28-13-7-4-8-14-28)30-21-17-26(2)18-22-30/h3-8,11-22H,9-10,23-24H2,1-2H3/t31-,32-/m1/s1. The third-order valence-electron chi connectivity index (χ3n) is 7.70. The van der Waals surface area contributed by atoms with Crippen molar-refractivity contribution in [2.75, 3.05) is 0 Å². The predicted molar refractivity (Wildman–Crippen MR) is 144 cm³/mol. The van der Waals surface area contributed by atoms with Gasteiger partial charge in [-0.1, -0.05) is 166 Å². The molecule has 32 heavy (non-hydrogen) atoms. The molecule has 160 valence electrons. The molecule has 2 atom stereocenters. The Balaban J connectivity index is 1.91. The Labute approximate surface area is 194 Å². The first-order chi connectivity index (χ1) is 15.7. The van der Waals surface area contributed by atoms with Gasteiger partial charge in [-0.2, -0.15) is 0 Å². The molecule has 5 rings (SSSR count). The van der Waals surface area contributed by atoms with E-state index in [0.29, 0.717) is 0 Å². The summed E-state index contributed by atoms with van der Waals surface area (Å²) in [5.74, 6) is 0. The van der Waals surface area contributed by atoms with E-state index >= 15 is 0 Å². The molecule has 0 bridgehead atoms. The van der Waals surface area contributed by atoms with Gasteiger partial charge in [-0.05, 0) is 13.8 Å². The van der Waals surface area contributed by atoms with E-state index in [4.69, 9.17) is 0 Å². The Hall–Kier alpha value is -2.69. The Morgan fingerprint density at radius 3 is 1.06 bits per heavy atom. The van der Waals surface area contributed by atoms with Crippen LogP contribution < -0.4 is 20.7 Å². The molecule has 0 aliphatic carbocycles. The van der Waals surface area contributed by atoms with Crippen LogP contribution in [0.2, 0.25) is 12.1 Å². The van der Waals surface area contributed by atoms with Crippen LogP contribution in [0.1, 0.15) is 24.0 Å². The van der Waals surface area contributed by atoms with Crippen molar-refractivity contribution in [1.29, 1.82) is 0 Å². The Kier molecular flexibility index (Phi) is 5.75. The van der Waals surface area contributed by atoms with Crippen molar-refractivity contribution in [2.45, 2.75) is 38.8 Å². The molecule has 1 fully saturated rings. The van der Waals surface area contributed by atoms with Gasteiger partial charge in [0.15, 0.2) is 0 Å². The van der Waals surface area contributed by atoms with Crippen LogP contribution in [-0.2, 0) is 0 Å². The number of hydrogen-bond donors (Lipinski definition) is 0. The monoisotopic (exact) mass is 448 g/mol. The fourth-order valence-corrected chi connectivity index (χ4v) is 27.0. The SMILES string of the molecule is Cc1ccc([Si@]2(c3ccccc3)CCCC[Si@@]2(c2ccccc2)c2ccc(C)cc2)cc1. The molecule has 0 unspecified atom stereocenters. The molecule has 0 nitrogen and oxygen atoms in total. The maximum Gasteiger partial charge on any atom is 0.121 e. The first kappa shape index (κ1) is 21.2. The molecule has 1 saturated heterocycles. The Morgan fingerprint density at radius 2 is 0.719 bits per heavy atom. The van der Waals surface area contributed by atoms with Crippen molar-refractivity contribution in [1.82, 2.24) is 0 Å². The second-order valence-electron chi connectivity index (χ2n) is 9.48. The first-order valence-corrected chi connectivity index (χ1v) is 17.3. The van der Waals surface area contributed by atoms with Crippen LogP contribution in [0.4, 0.5) is 0 Å². The number of aryl methyl sites for hydroxylation is 2. The Bertz CT molecular complexity index is 1070. The molecule has 0 N–H and O–H groups in total. The zero-order chi connectivity index (χ0) is 22.0. The fraction of sp³-hybridized carbons (Fsp3) is 0.200. The van der Waals surface area contributed by atoms with Crippen molar-refractivity contribution < 1.29 is 0 Å². The van der Waals surface area contributed by atoms with E-state index < -0.39 is 15.2 Å². The highest BCUT2D eigenvalue weighted by Gasteiger charge is 2.59. The summed E-state index contributed by atoms with van der Waals surface area (Å²) in [5.41, 5.74) is 2.70. The van der Waals surface area contributed by atoms with Crippen LogP contribution in [0.3, 0.4) is 0 Å². The van der Waals surface area contributed by atoms with Crippen molar-refractivity contribution in [3.63, 3.8) is 0 Å². The molecule has 0 saturated carbocycles. The molecule has 1 heterocycles. The highest BCUT2D eigenvalue weighted by Crippen LogP contribution is 2.36. The van der Waals surface area contributed by atoms with Gasteiger partial charge in [0.25, 0.3) is 0 Å². The minimum absolute atomic E-state index is 1.34. The van der Waals surface area contributed by atoms with Crippen LogP contribution in [0.25, 0.3) is 0 Å². The molecule has 2 heteroatoms. The smallest absolute Gasteiger partial charge is 0.0628 e. The highest BCUT2D eigenvalue weighted by atomic mass is 29.3. The highest BCUT2D eigenvalue weighted by molar-refractivity contribution is 7.59. The van der Waals surface area contributed by atoms with Gasteiger partial charge < -0.3 is 0 Å². The topological polar surface area (TPSA) is 0 Å². The summed E-state index contributed by atoms with van der Waals surface area (Å²) in [6.45, 7) is 4.42. The lowest BCUT2D eigenvalue weighted by molar-refractivity contribution is 0.848. The summed E-state index contributed by atoms with van der Waals surface area (Å²) in [4.78, 5) is 0. The molecule has 4 aromatic carbocycles. The average molecular weight is 449 g/mol. The summed E-state index contributed by atoms with van der Waals surface area (Å²) in [7, 11) is -4.20. The number of hydrogen-bond acceptors (Lipinski definition) is 0. The molecule has 4 aromatic rings. The van der Waals surface area contributed by atoms with Crippen molar-refractivity contribution in [3.05, 3.63) is 120 Å². The lowest BCUT2D eigenvalue weighted by Crippen LogP contribution is -2.86. The van der Waals surface area contributed by atoms with Gasteiger partial charge in [-0.15, -0.1) is 0 Å². The van der Waals surface area contributed by atoms with E-state index in [-0.39, 0.29) is 0 Å². The van der Waals surface area contributed by atoms with Crippen LogP contribution in [-0.4, -0.2) is 15.2 Å². The molecule has 1 aliphatic rings. The lowest BCUT2D eigenvalue weighted by atomic mass is 10.2. The maximum atomic E-state index is 2.48. The third kappa shape index (κ3) is 3.33. The normalized spacial score (nSPS) is 23.1. The molecule has 1 aliphatic heterocycles. The fourth-order valence-electron chi connectivity index (χ4n) is 6.22. The van der Waals surface area contributed by atoms with Crippen molar-refractivity contribution >= 4 is 35.9 Å². The van der Waals surface area contributed by atoms with Crippen LogP contribution >= 0.6 is 0 Å². The van der Waals surface area contributed by atoms with Gasteiger partial charge in [0.2, 0.25) is 0 Å². The van der Waals surface area contributed by atoms with Gasteiger partial charge in [-0.25, -0.2) is 0 Å². The largest absolute Gasteiger partial charge is 0.121 e. The molecule has 0 spiro atoms. The van der Waals surface area contributed by atoms with E-state index in [1.165, 1.54) is 36.1 Å². The summed E-state index contributed by atoms with van der Waals surface area (Å²) in [6, 6.07) is 45.3. The van der Waals surface area contributed by atoms with Crippen LogP contribution in [0.5, 0.6) is 0 Å².